The number of benzene rings is 1. The van der Waals surface area contributed by atoms with Gasteiger partial charge in [-0.3, -0.25) is 0 Å². The van der Waals surface area contributed by atoms with Crippen molar-refractivity contribution in [3.63, 3.8) is 0 Å². The summed E-state index contributed by atoms with van der Waals surface area (Å²) in [6.07, 6.45) is 3.12. The SMILES string of the molecule is CC(C)c1cc(F)cc(C2(N)CCC2)c1. The van der Waals surface area contributed by atoms with E-state index < -0.39 is 0 Å². The van der Waals surface area contributed by atoms with Gasteiger partial charge in [0.25, 0.3) is 0 Å². The van der Waals surface area contributed by atoms with Crippen LogP contribution in [0.15, 0.2) is 18.2 Å². The largest absolute Gasteiger partial charge is 0.321 e. The van der Waals surface area contributed by atoms with Crippen LogP contribution in [0.3, 0.4) is 0 Å². The topological polar surface area (TPSA) is 26.0 Å². The molecule has 2 heteroatoms. The fourth-order valence-corrected chi connectivity index (χ4v) is 2.08. The van der Waals surface area contributed by atoms with Gasteiger partial charge in [0.05, 0.1) is 0 Å². The lowest BCUT2D eigenvalue weighted by atomic mass is 9.72. The minimum Gasteiger partial charge on any atom is -0.321 e. The lowest BCUT2D eigenvalue weighted by molar-refractivity contribution is 0.252. The van der Waals surface area contributed by atoms with Crippen LogP contribution in [0.1, 0.15) is 50.2 Å². The molecule has 0 saturated heterocycles. The molecule has 0 aromatic heterocycles. The number of halogens is 1. The van der Waals surface area contributed by atoms with E-state index in [1.807, 2.05) is 0 Å². The molecule has 0 aliphatic heterocycles. The third kappa shape index (κ3) is 1.91. The molecule has 0 unspecified atom stereocenters. The summed E-state index contributed by atoms with van der Waals surface area (Å²) >= 11 is 0. The Morgan fingerprint density at radius 1 is 1.27 bits per heavy atom. The van der Waals surface area contributed by atoms with Crippen LogP contribution in [-0.2, 0) is 5.54 Å². The fraction of sp³-hybridized carbons (Fsp3) is 0.538. The summed E-state index contributed by atoms with van der Waals surface area (Å²) < 4.78 is 13.4. The van der Waals surface area contributed by atoms with E-state index in [4.69, 9.17) is 5.73 Å². The maximum Gasteiger partial charge on any atom is 0.123 e. The molecule has 0 atom stereocenters. The van der Waals surface area contributed by atoms with Crippen LogP contribution < -0.4 is 5.73 Å². The predicted molar refractivity (Wildman–Crippen MR) is 60.2 cm³/mol. The van der Waals surface area contributed by atoms with Gasteiger partial charge in [-0.2, -0.15) is 0 Å². The zero-order valence-corrected chi connectivity index (χ0v) is 9.39. The number of rotatable bonds is 2. The molecule has 1 fully saturated rings. The summed E-state index contributed by atoms with van der Waals surface area (Å²) in [5, 5.41) is 0. The highest BCUT2D eigenvalue weighted by molar-refractivity contribution is 5.33. The molecule has 82 valence electrons. The molecule has 1 aliphatic rings. The van der Waals surface area contributed by atoms with Crippen LogP contribution in [0.4, 0.5) is 4.39 Å². The van der Waals surface area contributed by atoms with Crippen molar-refractivity contribution in [1.82, 2.24) is 0 Å². The maximum absolute atomic E-state index is 13.4. The Bertz CT molecular complexity index is 367. The first-order valence-electron chi connectivity index (χ1n) is 5.61. The van der Waals surface area contributed by atoms with E-state index >= 15 is 0 Å². The molecule has 1 aromatic rings. The van der Waals surface area contributed by atoms with E-state index in [0.717, 1.165) is 30.4 Å². The van der Waals surface area contributed by atoms with Crippen LogP contribution in [0, 0.1) is 5.82 Å². The molecule has 0 bridgehead atoms. The molecule has 1 aromatic carbocycles. The second-order valence-corrected chi connectivity index (χ2v) is 4.94. The average Bonchev–Trinajstić information content (AvgIpc) is 2.13. The van der Waals surface area contributed by atoms with Gasteiger partial charge >= 0.3 is 0 Å². The summed E-state index contributed by atoms with van der Waals surface area (Å²) in [6, 6.07) is 5.26. The van der Waals surface area contributed by atoms with E-state index in [0.29, 0.717) is 5.92 Å². The smallest absolute Gasteiger partial charge is 0.123 e. The summed E-state index contributed by atoms with van der Waals surface area (Å²) in [5.41, 5.74) is 7.95. The first-order valence-corrected chi connectivity index (χ1v) is 5.61. The van der Waals surface area contributed by atoms with Gasteiger partial charge in [-0.1, -0.05) is 19.9 Å². The molecule has 15 heavy (non-hydrogen) atoms. The molecule has 2 rings (SSSR count). The summed E-state index contributed by atoms with van der Waals surface area (Å²) in [6.45, 7) is 4.14. The van der Waals surface area contributed by atoms with Crippen LogP contribution >= 0.6 is 0 Å². The van der Waals surface area contributed by atoms with Crippen molar-refractivity contribution in [2.75, 3.05) is 0 Å². The molecule has 0 radical (unpaired) electrons. The highest BCUT2D eigenvalue weighted by Gasteiger charge is 2.34. The standard InChI is InChI=1S/C13H18FN/c1-9(2)10-6-11(8-12(14)7-10)13(15)4-3-5-13/h6-9H,3-5,15H2,1-2H3. The van der Waals surface area contributed by atoms with Crippen molar-refractivity contribution in [3.8, 4) is 0 Å². The minimum atomic E-state index is -0.258. The average molecular weight is 207 g/mol. The Morgan fingerprint density at radius 3 is 2.40 bits per heavy atom. The van der Waals surface area contributed by atoms with E-state index in [1.165, 1.54) is 0 Å². The quantitative estimate of drug-likeness (QED) is 0.791. The molecular formula is C13H18FN. The Labute approximate surface area is 90.5 Å². The predicted octanol–water partition coefficient (Wildman–Crippen LogP) is 3.29. The van der Waals surface area contributed by atoms with Gasteiger partial charge in [-0.05, 0) is 48.4 Å². The van der Waals surface area contributed by atoms with Gasteiger partial charge in [0, 0.05) is 5.54 Å². The van der Waals surface area contributed by atoms with E-state index in [9.17, 15) is 4.39 Å². The lowest BCUT2D eigenvalue weighted by Crippen LogP contribution is -2.43. The highest BCUT2D eigenvalue weighted by atomic mass is 19.1. The molecule has 1 saturated carbocycles. The molecule has 0 spiro atoms. The fourth-order valence-electron chi connectivity index (χ4n) is 2.08. The number of hydrogen-bond acceptors (Lipinski definition) is 1. The Morgan fingerprint density at radius 2 is 1.93 bits per heavy atom. The van der Waals surface area contributed by atoms with Gasteiger partial charge in [0.15, 0.2) is 0 Å². The Kier molecular flexibility index (Phi) is 2.55. The van der Waals surface area contributed by atoms with Crippen LogP contribution in [-0.4, -0.2) is 0 Å². The molecule has 0 amide bonds. The van der Waals surface area contributed by atoms with Gasteiger partial charge in [0.1, 0.15) is 5.82 Å². The molecule has 2 N–H and O–H groups in total. The summed E-state index contributed by atoms with van der Waals surface area (Å²) in [4.78, 5) is 0. The van der Waals surface area contributed by atoms with Gasteiger partial charge < -0.3 is 5.73 Å². The van der Waals surface area contributed by atoms with Crippen LogP contribution in [0.5, 0.6) is 0 Å². The maximum atomic E-state index is 13.4. The van der Waals surface area contributed by atoms with Crippen molar-refractivity contribution < 1.29 is 4.39 Å². The highest BCUT2D eigenvalue weighted by Crippen LogP contribution is 2.39. The second kappa shape index (κ2) is 3.60. The summed E-state index contributed by atoms with van der Waals surface area (Å²) in [7, 11) is 0. The normalized spacial score (nSPS) is 19.0. The third-order valence-electron chi connectivity index (χ3n) is 3.41. The zero-order valence-electron chi connectivity index (χ0n) is 9.39. The van der Waals surface area contributed by atoms with E-state index in [-0.39, 0.29) is 11.4 Å². The number of hydrogen-bond donors (Lipinski definition) is 1. The van der Waals surface area contributed by atoms with E-state index in [1.54, 1.807) is 12.1 Å². The Balaban J connectivity index is 2.39. The third-order valence-corrected chi connectivity index (χ3v) is 3.41. The number of nitrogens with two attached hydrogens (primary N) is 1. The van der Waals surface area contributed by atoms with Crippen molar-refractivity contribution in [3.05, 3.63) is 35.1 Å². The lowest BCUT2D eigenvalue weighted by Gasteiger charge is -2.39. The molecule has 0 heterocycles. The molecule has 1 nitrogen and oxygen atoms in total. The molecule has 1 aliphatic carbocycles. The Hall–Kier alpha value is -0.890. The monoisotopic (exact) mass is 207 g/mol. The summed E-state index contributed by atoms with van der Waals surface area (Å²) in [5.74, 6) is 0.191. The van der Waals surface area contributed by atoms with Crippen LogP contribution in [0.2, 0.25) is 0 Å². The first-order chi connectivity index (χ1) is 7.01. The zero-order chi connectivity index (χ0) is 11.1. The van der Waals surface area contributed by atoms with Gasteiger partial charge in [0.2, 0.25) is 0 Å². The van der Waals surface area contributed by atoms with Crippen molar-refractivity contribution in [1.29, 1.82) is 0 Å². The minimum absolute atomic E-state index is 0.159. The van der Waals surface area contributed by atoms with Crippen molar-refractivity contribution in [2.24, 2.45) is 5.73 Å². The van der Waals surface area contributed by atoms with Gasteiger partial charge in [-0.25, -0.2) is 4.39 Å². The molecular weight excluding hydrogens is 189 g/mol. The van der Waals surface area contributed by atoms with E-state index in [2.05, 4.69) is 19.9 Å². The van der Waals surface area contributed by atoms with Gasteiger partial charge in [-0.15, -0.1) is 0 Å². The first kappa shape index (κ1) is 10.6. The van der Waals surface area contributed by atoms with Crippen molar-refractivity contribution >= 4 is 0 Å². The van der Waals surface area contributed by atoms with Crippen LogP contribution in [0.25, 0.3) is 0 Å². The van der Waals surface area contributed by atoms with Crippen molar-refractivity contribution in [2.45, 2.75) is 44.6 Å². The second-order valence-electron chi connectivity index (χ2n) is 4.94.